The van der Waals surface area contributed by atoms with Crippen molar-refractivity contribution in [3.05, 3.63) is 0 Å². The maximum absolute atomic E-state index is 11.4. The first-order chi connectivity index (χ1) is 10.4. The zero-order valence-corrected chi connectivity index (χ0v) is 14.0. The van der Waals surface area contributed by atoms with Gasteiger partial charge in [-0.3, -0.25) is 9.59 Å². The van der Waals surface area contributed by atoms with Gasteiger partial charge in [0.05, 0.1) is 13.2 Å². The van der Waals surface area contributed by atoms with Crippen LogP contribution in [0.3, 0.4) is 0 Å². The molecule has 4 atom stereocenters. The van der Waals surface area contributed by atoms with Gasteiger partial charge in [0.2, 0.25) is 0 Å². The van der Waals surface area contributed by atoms with Crippen LogP contribution in [0.25, 0.3) is 0 Å². The number of esters is 2. The van der Waals surface area contributed by atoms with Gasteiger partial charge in [-0.25, -0.2) is 0 Å². The molecule has 0 saturated heterocycles. The third-order valence-corrected chi connectivity index (χ3v) is 2.93. The Morgan fingerprint density at radius 2 is 1.05 bits per heavy atom. The molecule has 0 radical (unpaired) electrons. The molecule has 0 aliphatic heterocycles. The van der Waals surface area contributed by atoms with Crippen LogP contribution in [0, 0.1) is 0 Å². The molecule has 130 valence electrons. The molecule has 0 aliphatic rings. The Morgan fingerprint density at radius 1 is 0.727 bits per heavy atom. The summed E-state index contributed by atoms with van der Waals surface area (Å²) in [6, 6.07) is 0. The Balaban J connectivity index is 5.47. The van der Waals surface area contributed by atoms with Crippen molar-refractivity contribution in [3.8, 4) is 0 Å². The van der Waals surface area contributed by atoms with Crippen LogP contribution in [0.1, 0.15) is 13.8 Å². The fraction of sp³-hybridized carbons (Fsp3) is 0.857. The highest BCUT2D eigenvalue weighted by Crippen LogP contribution is 2.19. The standard InChI is InChI=1S/C14H26O8/c1-9(15)21-13(11(19-5)7-17-3)14(22-10(2)16)12(20-6)8-18-4/h11-14H,7-8H2,1-6H3/t11-,12+,13-,14-/m1/s1. The van der Waals surface area contributed by atoms with Crippen molar-refractivity contribution >= 4 is 11.9 Å². The molecule has 0 amide bonds. The normalized spacial score (nSPS) is 16.5. The van der Waals surface area contributed by atoms with Crippen LogP contribution in [0.5, 0.6) is 0 Å². The molecule has 0 N–H and O–H groups in total. The molecular weight excluding hydrogens is 296 g/mol. The van der Waals surface area contributed by atoms with E-state index in [4.69, 9.17) is 28.4 Å². The lowest BCUT2D eigenvalue weighted by Gasteiger charge is -2.34. The fourth-order valence-corrected chi connectivity index (χ4v) is 2.01. The van der Waals surface area contributed by atoms with Crippen LogP contribution >= 0.6 is 0 Å². The largest absolute Gasteiger partial charge is 0.456 e. The lowest BCUT2D eigenvalue weighted by molar-refractivity contribution is -0.197. The predicted octanol–water partition coefficient (Wildman–Crippen LogP) is 0.173. The van der Waals surface area contributed by atoms with Gasteiger partial charge in [-0.1, -0.05) is 0 Å². The quantitative estimate of drug-likeness (QED) is 0.497. The van der Waals surface area contributed by atoms with Crippen molar-refractivity contribution < 1.29 is 38.0 Å². The van der Waals surface area contributed by atoms with Crippen LogP contribution in [0.15, 0.2) is 0 Å². The van der Waals surface area contributed by atoms with Gasteiger partial charge in [0, 0.05) is 42.3 Å². The van der Waals surface area contributed by atoms with E-state index in [9.17, 15) is 9.59 Å². The van der Waals surface area contributed by atoms with Gasteiger partial charge in [0.15, 0.2) is 12.2 Å². The summed E-state index contributed by atoms with van der Waals surface area (Å²) in [5, 5.41) is 0. The summed E-state index contributed by atoms with van der Waals surface area (Å²) in [6.45, 7) is 2.82. The van der Waals surface area contributed by atoms with E-state index in [0.29, 0.717) is 0 Å². The Labute approximate surface area is 130 Å². The first kappa shape index (κ1) is 20.8. The van der Waals surface area contributed by atoms with Crippen LogP contribution in [-0.4, -0.2) is 78.0 Å². The number of hydrogen-bond donors (Lipinski definition) is 0. The summed E-state index contributed by atoms with van der Waals surface area (Å²) in [7, 11) is 5.87. The number of ether oxygens (including phenoxy) is 6. The SMILES string of the molecule is COC[C@H](OC)[C@@H](OC(C)=O)[C@H](OC(C)=O)[C@@H](COC)OC. The van der Waals surface area contributed by atoms with E-state index < -0.39 is 36.4 Å². The van der Waals surface area contributed by atoms with Gasteiger partial charge >= 0.3 is 11.9 Å². The van der Waals surface area contributed by atoms with Gasteiger partial charge in [-0.05, 0) is 0 Å². The molecule has 0 spiro atoms. The van der Waals surface area contributed by atoms with Crippen LogP contribution in [0.4, 0.5) is 0 Å². The van der Waals surface area contributed by atoms with Gasteiger partial charge in [0.1, 0.15) is 12.2 Å². The average Bonchev–Trinajstić information content (AvgIpc) is 2.45. The lowest BCUT2D eigenvalue weighted by atomic mass is 10.0. The van der Waals surface area contributed by atoms with Crippen molar-refractivity contribution in [2.24, 2.45) is 0 Å². The molecule has 0 bridgehead atoms. The van der Waals surface area contributed by atoms with Crippen molar-refractivity contribution in [3.63, 3.8) is 0 Å². The highest BCUT2D eigenvalue weighted by Gasteiger charge is 2.40. The maximum Gasteiger partial charge on any atom is 0.303 e. The molecule has 0 heterocycles. The Hall–Kier alpha value is -1.22. The van der Waals surface area contributed by atoms with E-state index in [2.05, 4.69) is 0 Å². The minimum atomic E-state index is -0.897. The first-order valence-electron chi connectivity index (χ1n) is 6.79. The van der Waals surface area contributed by atoms with E-state index in [1.165, 1.54) is 42.3 Å². The monoisotopic (exact) mass is 322 g/mol. The van der Waals surface area contributed by atoms with E-state index >= 15 is 0 Å². The van der Waals surface area contributed by atoms with Gasteiger partial charge in [-0.2, -0.15) is 0 Å². The molecule has 0 rings (SSSR count). The second-order valence-corrected chi connectivity index (χ2v) is 4.61. The van der Waals surface area contributed by atoms with E-state index in [1.807, 2.05) is 0 Å². The van der Waals surface area contributed by atoms with Crippen LogP contribution in [0.2, 0.25) is 0 Å². The highest BCUT2D eigenvalue weighted by atomic mass is 16.6. The number of rotatable bonds is 11. The topological polar surface area (TPSA) is 89.5 Å². The third kappa shape index (κ3) is 7.17. The molecule has 0 aliphatic carbocycles. The van der Waals surface area contributed by atoms with Crippen molar-refractivity contribution in [1.29, 1.82) is 0 Å². The van der Waals surface area contributed by atoms with E-state index in [-0.39, 0.29) is 13.2 Å². The summed E-state index contributed by atoms with van der Waals surface area (Å²) in [5.74, 6) is -1.07. The molecule has 0 saturated carbocycles. The zero-order valence-electron chi connectivity index (χ0n) is 14.0. The molecular formula is C14H26O8. The van der Waals surface area contributed by atoms with Gasteiger partial charge in [0.25, 0.3) is 0 Å². The molecule has 22 heavy (non-hydrogen) atoms. The van der Waals surface area contributed by atoms with Gasteiger partial charge in [-0.15, -0.1) is 0 Å². The second-order valence-electron chi connectivity index (χ2n) is 4.61. The van der Waals surface area contributed by atoms with E-state index in [0.717, 1.165) is 0 Å². The van der Waals surface area contributed by atoms with Crippen molar-refractivity contribution in [1.82, 2.24) is 0 Å². The minimum absolute atomic E-state index is 0.148. The van der Waals surface area contributed by atoms with Crippen LogP contribution < -0.4 is 0 Å². The smallest absolute Gasteiger partial charge is 0.303 e. The van der Waals surface area contributed by atoms with Crippen molar-refractivity contribution in [2.75, 3.05) is 41.7 Å². The summed E-state index contributed by atoms with van der Waals surface area (Å²) in [4.78, 5) is 22.8. The van der Waals surface area contributed by atoms with Gasteiger partial charge < -0.3 is 28.4 Å². The third-order valence-electron chi connectivity index (χ3n) is 2.93. The summed E-state index contributed by atoms with van der Waals surface area (Å²) in [6.07, 6.45) is -3.06. The van der Waals surface area contributed by atoms with Crippen molar-refractivity contribution in [2.45, 2.75) is 38.3 Å². The molecule has 0 aromatic rings. The number of carbonyl (C=O) groups excluding carboxylic acids is 2. The highest BCUT2D eigenvalue weighted by molar-refractivity contribution is 5.67. The number of carbonyl (C=O) groups is 2. The number of hydrogen-bond acceptors (Lipinski definition) is 8. The lowest BCUT2D eigenvalue weighted by Crippen LogP contribution is -2.52. The minimum Gasteiger partial charge on any atom is -0.456 e. The zero-order chi connectivity index (χ0) is 17.1. The second kappa shape index (κ2) is 11.4. The molecule has 8 heteroatoms. The van der Waals surface area contributed by atoms with Crippen LogP contribution in [-0.2, 0) is 38.0 Å². The molecule has 0 aromatic carbocycles. The number of methoxy groups -OCH3 is 4. The maximum atomic E-state index is 11.4. The summed E-state index contributed by atoms with van der Waals surface area (Å²) in [5.41, 5.74) is 0. The summed E-state index contributed by atoms with van der Waals surface area (Å²) >= 11 is 0. The molecule has 0 unspecified atom stereocenters. The predicted molar refractivity (Wildman–Crippen MR) is 76.5 cm³/mol. The molecule has 0 aromatic heterocycles. The molecule has 8 nitrogen and oxygen atoms in total. The Bertz CT molecular complexity index is 301. The van der Waals surface area contributed by atoms with E-state index in [1.54, 1.807) is 0 Å². The average molecular weight is 322 g/mol. The fourth-order valence-electron chi connectivity index (χ4n) is 2.01. The Kier molecular flexibility index (Phi) is 10.7. The Morgan fingerprint density at radius 3 is 1.23 bits per heavy atom. The first-order valence-corrected chi connectivity index (χ1v) is 6.79. The summed E-state index contributed by atoms with van der Waals surface area (Å²) < 4.78 is 31.3. The molecule has 0 fully saturated rings.